The highest BCUT2D eigenvalue weighted by Gasteiger charge is 2.51. The van der Waals surface area contributed by atoms with Gasteiger partial charge >= 0.3 is 6.18 Å². The molecule has 0 radical (unpaired) electrons. The van der Waals surface area contributed by atoms with Crippen LogP contribution in [0.1, 0.15) is 25.5 Å². The quantitative estimate of drug-likeness (QED) is 0.840. The first-order valence-electron chi connectivity index (χ1n) is 7.42. The number of hydrazine groups is 1. The first-order valence-corrected chi connectivity index (χ1v) is 7.42. The molecule has 128 valence electrons. The Morgan fingerprint density at radius 1 is 1.12 bits per heavy atom. The molecular weight excluding hydrogens is 324 g/mol. The fraction of sp³-hybridized carbons (Fsp3) is 0.353. The minimum absolute atomic E-state index is 0.000363. The summed E-state index contributed by atoms with van der Waals surface area (Å²) in [4.78, 5) is 11.9. The molecule has 7 heteroatoms. The van der Waals surface area contributed by atoms with E-state index in [1.807, 2.05) is 0 Å². The van der Waals surface area contributed by atoms with Gasteiger partial charge in [0.05, 0.1) is 5.41 Å². The van der Waals surface area contributed by atoms with Gasteiger partial charge in [-0.25, -0.2) is 9.40 Å². The van der Waals surface area contributed by atoms with Gasteiger partial charge in [-0.3, -0.25) is 10.2 Å². The molecule has 1 fully saturated rings. The fourth-order valence-corrected chi connectivity index (χ4v) is 2.93. The van der Waals surface area contributed by atoms with Crippen LogP contribution in [0.5, 0.6) is 0 Å². The van der Waals surface area contributed by atoms with Crippen molar-refractivity contribution in [3.63, 3.8) is 0 Å². The Hall–Kier alpha value is -2.15. The Morgan fingerprint density at radius 2 is 1.75 bits per heavy atom. The number of carbonyl (C=O) groups excluding carboxylic acids is 1. The maximum absolute atomic E-state index is 13.6. The maximum atomic E-state index is 13.6. The molecule has 1 amide bonds. The van der Waals surface area contributed by atoms with Crippen LogP contribution in [0.4, 0.5) is 17.6 Å². The minimum atomic E-state index is -4.57. The minimum Gasteiger partial charge on any atom is -0.287 e. The number of benzene rings is 2. The van der Waals surface area contributed by atoms with E-state index in [1.165, 1.54) is 36.4 Å². The molecule has 2 aromatic rings. The zero-order chi connectivity index (χ0) is 17.7. The summed E-state index contributed by atoms with van der Waals surface area (Å²) < 4.78 is 54.2. The molecule has 1 aliphatic heterocycles. The molecular formula is C17H16F4N2O. The van der Waals surface area contributed by atoms with Crippen LogP contribution >= 0.6 is 0 Å². The van der Waals surface area contributed by atoms with Gasteiger partial charge in [0.25, 0.3) is 0 Å². The summed E-state index contributed by atoms with van der Waals surface area (Å²) in [5.74, 6) is -0.893. The van der Waals surface area contributed by atoms with E-state index in [-0.39, 0.29) is 12.1 Å². The third-order valence-corrected chi connectivity index (χ3v) is 4.19. The number of nitrogens with zero attached hydrogens (tertiary/aromatic N) is 1. The Bertz CT molecular complexity index is 801. The lowest BCUT2D eigenvalue weighted by Crippen LogP contribution is -2.43. The van der Waals surface area contributed by atoms with Crippen molar-refractivity contribution in [3.8, 4) is 0 Å². The molecule has 3 nitrogen and oxygen atoms in total. The largest absolute Gasteiger partial charge is 0.409 e. The monoisotopic (exact) mass is 340 g/mol. The molecule has 24 heavy (non-hydrogen) atoms. The molecule has 1 atom stereocenters. The molecule has 0 saturated carbocycles. The number of amides is 1. The highest BCUT2D eigenvalue weighted by atomic mass is 19.4. The lowest BCUT2D eigenvalue weighted by molar-refractivity contribution is -0.191. The van der Waals surface area contributed by atoms with Crippen molar-refractivity contribution >= 4 is 16.7 Å². The topological polar surface area (TPSA) is 32.3 Å². The van der Waals surface area contributed by atoms with Crippen LogP contribution in [0.25, 0.3) is 10.8 Å². The number of carbonyl (C=O) groups is 1. The van der Waals surface area contributed by atoms with Crippen LogP contribution in [0, 0.1) is 11.2 Å². The van der Waals surface area contributed by atoms with Crippen molar-refractivity contribution in [1.82, 2.24) is 10.4 Å². The fourth-order valence-electron chi connectivity index (χ4n) is 2.93. The van der Waals surface area contributed by atoms with Gasteiger partial charge in [0, 0.05) is 6.54 Å². The first-order chi connectivity index (χ1) is 11.1. The van der Waals surface area contributed by atoms with Crippen molar-refractivity contribution in [2.75, 3.05) is 6.54 Å². The van der Waals surface area contributed by atoms with Crippen molar-refractivity contribution in [2.45, 2.75) is 26.1 Å². The van der Waals surface area contributed by atoms with Gasteiger partial charge in [-0.1, -0.05) is 18.2 Å². The second-order valence-corrected chi connectivity index (χ2v) is 6.65. The van der Waals surface area contributed by atoms with Gasteiger partial charge in [0.1, 0.15) is 11.9 Å². The summed E-state index contributed by atoms with van der Waals surface area (Å²) >= 11 is 0. The zero-order valence-corrected chi connectivity index (χ0v) is 13.1. The highest BCUT2D eigenvalue weighted by Crippen LogP contribution is 2.41. The normalized spacial score (nSPS) is 19.5. The van der Waals surface area contributed by atoms with Gasteiger partial charge in [0.2, 0.25) is 5.91 Å². The Balaban J connectivity index is 2.04. The molecule has 0 bridgehead atoms. The number of nitrogens with one attached hydrogen (secondary N) is 1. The summed E-state index contributed by atoms with van der Waals surface area (Å²) in [6.07, 6.45) is -4.57. The molecule has 1 aliphatic rings. The van der Waals surface area contributed by atoms with Gasteiger partial charge < -0.3 is 0 Å². The van der Waals surface area contributed by atoms with Crippen molar-refractivity contribution in [2.24, 2.45) is 5.41 Å². The van der Waals surface area contributed by atoms with Crippen LogP contribution < -0.4 is 5.43 Å². The van der Waals surface area contributed by atoms with E-state index >= 15 is 0 Å². The number of hydrogen-bond acceptors (Lipinski definition) is 2. The Labute approximate surface area is 136 Å². The molecule has 0 unspecified atom stereocenters. The summed E-state index contributed by atoms with van der Waals surface area (Å²) in [5, 5.41) is 1.95. The molecule has 0 spiro atoms. The smallest absolute Gasteiger partial charge is 0.287 e. The molecule has 1 N–H and O–H groups in total. The number of hydrogen-bond donors (Lipinski definition) is 1. The second-order valence-electron chi connectivity index (χ2n) is 6.65. The van der Waals surface area contributed by atoms with E-state index in [0.29, 0.717) is 10.8 Å². The number of fused-ring (bicyclic) bond motifs is 1. The molecule has 1 saturated heterocycles. The Kier molecular flexibility index (Phi) is 3.79. The molecule has 2 aromatic carbocycles. The standard InChI is InChI=1S/C17H16F4N2O/c1-16(2)9-23(22-15(16)24)14(17(19,20)21)12-4-3-11-8-13(18)6-5-10(11)7-12/h3-8,14H,9H2,1-2H3,(H,22,24)/t14-/m0/s1. The first kappa shape index (κ1) is 16.7. The predicted molar refractivity (Wildman–Crippen MR) is 81.3 cm³/mol. The van der Waals surface area contributed by atoms with E-state index in [1.54, 1.807) is 13.8 Å². The SMILES string of the molecule is CC1(C)CN([C@@H](c2ccc3cc(F)ccc3c2)C(F)(F)F)NC1=O. The van der Waals surface area contributed by atoms with Gasteiger partial charge in [-0.2, -0.15) is 13.2 Å². The average Bonchev–Trinajstić information content (AvgIpc) is 2.71. The molecule has 1 heterocycles. The van der Waals surface area contributed by atoms with Gasteiger partial charge in [0.15, 0.2) is 0 Å². The van der Waals surface area contributed by atoms with Crippen LogP contribution in [0.2, 0.25) is 0 Å². The lowest BCUT2D eigenvalue weighted by Gasteiger charge is -2.30. The summed E-state index contributed by atoms with van der Waals surface area (Å²) in [7, 11) is 0. The number of alkyl halides is 3. The molecule has 0 aromatic heterocycles. The zero-order valence-electron chi connectivity index (χ0n) is 13.1. The van der Waals surface area contributed by atoms with E-state index < -0.39 is 29.4 Å². The van der Waals surface area contributed by atoms with Crippen LogP contribution in [0.3, 0.4) is 0 Å². The average molecular weight is 340 g/mol. The third-order valence-electron chi connectivity index (χ3n) is 4.19. The Morgan fingerprint density at radius 3 is 2.33 bits per heavy atom. The molecule has 3 rings (SSSR count). The number of halogens is 4. The second kappa shape index (κ2) is 5.44. The predicted octanol–water partition coefficient (Wildman–Crippen LogP) is 3.96. The number of rotatable bonds is 2. The van der Waals surface area contributed by atoms with Gasteiger partial charge in [-0.05, 0) is 48.4 Å². The van der Waals surface area contributed by atoms with E-state index in [2.05, 4.69) is 5.43 Å². The highest BCUT2D eigenvalue weighted by molar-refractivity contribution is 5.84. The third kappa shape index (κ3) is 2.96. The van der Waals surface area contributed by atoms with Crippen LogP contribution in [-0.4, -0.2) is 23.6 Å². The van der Waals surface area contributed by atoms with Crippen LogP contribution in [0.15, 0.2) is 36.4 Å². The van der Waals surface area contributed by atoms with Crippen molar-refractivity contribution < 1.29 is 22.4 Å². The van der Waals surface area contributed by atoms with Crippen molar-refractivity contribution in [3.05, 3.63) is 47.8 Å². The summed E-state index contributed by atoms with van der Waals surface area (Å²) in [6.45, 7) is 3.13. The van der Waals surface area contributed by atoms with E-state index in [9.17, 15) is 22.4 Å². The van der Waals surface area contributed by atoms with Gasteiger partial charge in [-0.15, -0.1) is 0 Å². The van der Waals surface area contributed by atoms with Crippen molar-refractivity contribution in [1.29, 1.82) is 0 Å². The van der Waals surface area contributed by atoms with E-state index in [4.69, 9.17) is 0 Å². The summed E-state index contributed by atoms with van der Waals surface area (Å²) in [6, 6.07) is 6.10. The lowest BCUT2D eigenvalue weighted by atomic mass is 9.93. The maximum Gasteiger partial charge on any atom is 0.409 e. The summed E-state index contributed by atoms with van der Waals surface area (Å²) in [5.41, 5.74) is 1.42. The van der Waals surface area contributed by atoms with Crippen LogP contribution in [-0.2, 0) is 4.79 Å². The van der Waals surface area contributed by atoms with E-state index in [0.717, 1.165) is 5.01 Å². The molecule has 0 aliphatic carbocycles.